The standard InChI is InChI=1S/C17H15N3OS/c1-21-13-7-8-15-14(11-13)20-16(9-10-22-15)18-19-17(20)12-5-3-2-4-6-12/h2-8,11H,9-10H2,1H3. The van der Waals surface area contributed by atoms with Crippen LogP contribution in [0.5, 0.6) is 5.75 Å². The monoisotopic (exact) mass is 309 g/mol. The average Bonchev–Trinajstić information content (AvgIpc) is 2.91. The number of nitrogens with zero attached hydrogens (tertiary/aromatic N) is 3. The molecule has 1 aliphatic heterocycles. The van der Waals surface area contributed by atoms with E-state index in [2.05, 4.69) is 39.0 Å². The molecule has 4 rings (SSSR count). The molecule has 5 heteroatoms. The molecule has 0 saturated carbocycles. The zero-order chi connectivity index (χ0) is 14.9. The van der Waals surface area contributed by atoms with Gasteiger partial charge >= 0.3 is 0 Å². The fourth-order valence-electron chi connectivity index (χ4n) is 2.68. The molecule has 0 saturated heterocycles. The fraction of sp³-hybridized carbons (Fsp3) is 0.176. The van der Waals surface area contributed by atoms with Crippen molar-refractivity contribution in [3.63, 3.8) is 0 Å². The molecule has 0 radical (unpaired) electrons. The lowest BCUT2D eigenvalue weighted by molar-refractivity contribution is 0.414. The Morgan fingerprint density at radius 2 is 1.95 bits per heavy atom. The minimum atomic E-state index is 0.847. The largest absolute Gasteiger partial charge is 0.497 e. The van der Waals surface area contributed by atoms with Gasteiger partial charge in [0.1, 0.15) is 11.6 Å². The van der Waals surface area contributed by atoms with E-state index in [-0.39, 0.29) is 0 Å². The van der Waals surface area contributed by atoms with E-state index in [0.717, 1.165) is 40.8 Å². The highest BCUT2D eigenvalue weighted by molar-refractivity contribution is 7.99. The molecule has 1 aromatic heterocycles. The van der Waals surface area contributed by atoms with Gasteiger partial charge in [-0.2, -0.15) is 0 Å². The van der Waals surface area contributed by atoms with Crippen molar-refractivity contribution in [1.82, 2.24) is 14.8 Å². The molecule has 22 heavy (non-hydrogen) atoms. The third kappa shape index (κ3) is 2.18. The predicted molar refractivity (Wildman–Crippen MR) is 87.8 cm³/mol. The number of aryl methyl sites for hydroxylation is 1. The lowest BCUT2D eigenvalue weighted by Crippen LogP contribution is -2.03. The summed E-state index contributed by atoms with van der Waals surface area (Å²) in [5.41, 5.74) is 2.17. The van der Waals surface area contributed by atoms with Gasteiger partial charge in [0.05, 0.1) is 12.8 Å². The van der Waals surface area contributed by atoms with Gasteiger partial charge in [-0.3, -0.25) is 4.57 Å². The van der Waals surface area contributed by atoms with Gasteiger partial charge in [0, 0.05) is 28.7 Å². The second-order valence-corrected chi connectivity index (χ2v) is 6.21. The predicted octanol–water partition coefficient (Wildman–Crippen LogP) is 3.59. The second kappa shape index (κ2) is 5.50. The Labute approximate surface area is 133 Å². The second-order valence-electron chi connectivity index (χ2n) is 5.07. The Bertz CT molecular complexity index is 814. The minimum absolute atomic E-state index is 0.847. The van der Waals surface area contributed by atoms with E-state index in [1.165, 1.54) is 4.90 Å². The molecule has 0 spiro atoms. The molecule has 2 aromatic carbocycles. The Balaban J connectivity index is 1.97. The summed E-state index contributed by atoms with van der Waals surface area (Å²) in [6, 6.07) is 16.4. The van der Waals surface area contributed by atoms with Crippen LogP contribution in [-0.2, 0) is 6.42 Å². The number of aromatic nitrogens is 3. The van der Waals surface area contributed by atoms with Crippen LogP contribution in [0.4, 0.5) is 0 Å². The van der Waals surface area contributed by atoms with Crippen molar-refractivity contribution in [3.8, 4) is 22.8 Å². The lowest BCUT2D eigenvalue weighted by Gasteiger charge is -2.12. The zero-order valence-electron chi connectivity index (χ0n) is 12.2. The number of benzene rings is 2. The van der Waals surface area contributed by atoms with Crippen molar-refractivity contribution in [2.45, 2.75) is 11.3 Å². The van der Waals surface area contributed by atoms with Crippen LogP contribution in [0.2, 0.25) is 0 Å². The Morgan fingerprint density at radius 1 is 1.09 bits per heavy atom. The van der Waals surface area contributed by atoms with Crippen molar-refractivity contribution in [2.75, 3.05) is 12.9 Å². The lowest BCUT2D eigenvalue weighted by atomic mass is 10.2. The van der Waals surface area contributed by atoms with E-state index in [1.54, 1.807) is 7.11 Å². The summed E-state index contributed by atoms with van der Waals surface area (Å²) in [5, 5.41) is 8.83. The van der Waals surface area contributed by atoms with Gasteiger partial charge in [-0.25, -0.2) is 0 Å². The molecular weight excluding hydrogens is 294 g/mol. The fourth-order valence-corrected chi connectivity index (χ4v) is 3.65. The quantitative estimate of drug-likeness (QED) is 0.725. The van der Waals surface area contributed by atoms with Crippen LogP contribution < -0.4 is 4.74 Å². The molecule has 0 fully saturated rings. The Morgan fingerprint density at radius 3 is 2.77 bits per heavy atom. The first kappa shape index (κ1) is 13.4. The first-order chi connectivity index (χ1) is 10.9. The summed E-state index contributed by atoms with van der Waals surface area (Å²) >= 11 is 1.85. The number of hydrogen-bond acceptors (Lipinski definition) is 4. The van der Waals surface area contributed by atoms with Gasteiger partial charge in [-0.1, -0.05) is 30.3 Å². The SMILES string of the molecule is COc1ccc2c(c1)-n1c(nnc1-c1ccccc1)CCS2. The van der Waals surface area contributed by atoms with Crippen LogP contribution in [0.1, 0.15) is 5.82 Å². The Kier molecular flexibility index (Phi) is 3.35. The molecule has 1 aliphatic rings. The first-order valence-corrected chi connectivity index (χ1v) is 8.16. The number of ether oxygens (including phenoxy) is 1. The van der Waals surface area contributed by atoms with Crippen molar-refractivity contribution in [3.05, 3.63) is 54.4 Å². The zero-order valence-corrected chi connectivity index (χ0v) is 13.0. The molecule has 3 aromatic rings. The van der Waals surface area contributed by atoms with Crippen molar-refractivity contribution < 1.29 is 4.74 Å². The normalized spacial score (nSPS) is 13.1. The molecule has 0 atom stereocenters. The van der Waals surface area contributed by atoms with E-state index in [9.17, 15) is 0 Å². The highest BCUT2D eigenvalue weighted by Crippen LogP contribution is 2.36. The van der Waals surface area contributed by atoms with E-state index >= 15 is 0 Å². The van der Waals surface area contributed by atoms with E-state index < -0.39 is 0 Å². The molecule has 0 amide bonds. The third-order valence-electron chi connectivity index (χ3n) is 3.75. The highest BCUT2D eigenvalue weighted by Gasteiger charge is 2.21. The number of fused-ring (bicyclic) bond motifs is 3. The van der Waals surface area contributed by atoms with Gasteiger partial charge in [0.15, 0.2) is 5.82 Å². The van der Waals surface area contributed by atoms with Crippen LogP contribution in [0.15, 0.2) is 53.4 Å². The number of thioether (sulfide) groups is 1. The van der Waals surface area contributed by atoms with Gasteiger partial charge in [0.2, 0.25) is 0 Å². The van der Waals surface area contributed by atoms with Crippen LogP contribution in [0.25, 0.3) is 17.1 Å². The maximum atomic E-state index is 5.39. The molecule has 0 bridgehead atoms. The van der Waals surface area contributed by atoms with Crippen LogP contribution in [0.3, 0.4) is 0 Å². The topological polar surface area (TPSA) is 39.9 Å². The van der Waals surface area contributed by atoms with Gasteiger partial charge in [0.25, 0.3) is 0 Å². The Hall–Kier alpha value is -2.27. The average molecular weight is 309 g/mol. The summed E-state index contributed by atoms with van der Waals surface area (Å²) < 4.78 is 7.55. The highest BCUT2D eigenvalue weighted by atomic mass is 32.2. The molecule has 4 nitrogen and oxygen atoms in total. The summed E-state index contributed by atoms with van der Waals surface area (Å²) in [6.45, 7) is 0. The van der Waals surface area contributed by atoms with Gasteiger partial charge in [-0.05, 0) is 12.1 Å². The van der Waals surface area contributed by atoms with Crippen LogP contribution >= 0.6 is 11.8 Å². The minimum Gasteiger partial charge on any atom is -0.497 e. The van der Waals surface area contributed by atoms with Gasteiger partial charge in [-0.15, -0.1) is 22.0 Å². The van der Waals surface area contributed by atoms with Crippen LogP contribution in [-0.4, -0.2) is 27.6 Å². The summed E-state index contributed by atoms with van der Waals surface area (Å²) in [7, 11) is 1.69. The number of methoxy groups -OCH3 is 1. The van der Waals surface area contributed by atoms with Crippen LogP contribution in [0, 0.1) is 0 Å². The van der Waals surface area contributed by atoms with Crippen molar-refractivity contribution in [2.24, 2.45) is 0 Å². The summed E-state index contributed by atoms with van der Waals surface area (Å²) in [5.74, 6) is 3.73. The molecule has 0 N–H and O–H groups in total. The summed E-state index contributed by atoms with van der Waals surface area (Å²) in [6.07, 6.45) is 0.904. The van der Waals surface area contributed by atoms with E-state index in [4.69, 9.17) is 4.74 Å². The third-order valence-corrected chi connectivity index (χ3v) is 4.82. The number of hydrogen-bond donors (Lipinski definition) is 0. The first-order valence-electron chi connectivity index (χ1n) is 7.18. The van der Waals surface area contributed by atoms with E-state index in [0.29, 0.717) is 0 Å². The maximum Gasteiger partial charge on any atom is 0.168 e. The smallest absolute Gasteiger partial charge is 0.168 e. The maximum absolute atomic E-state index is 5.39. The summed E-state index contributed by atoms with van der Waals surface area (Å²) in [4.78, 5) is 1.23. The van der Waals surface area contributed by atoms with E-state index in [1.807, 2.05) is 36.0 Å². The van der Waals surface area contributed by atoms with Crippen molar-refractivity contribution >= 4 is 11.8 Å². The molecule has 0 aliphatic carbocycles. The molecule has 0 unspecified atom stereocenters. The van der Waals surface area contributed by atoms with Gasteiger partial charge < -0.3 is 4.74 Å². The molecular formula is C17H15N3OS. The van der Waals surface area contributed by atoms with Crippen molar-refractivity contribution in [1.29, 1.82) is 0 Å². The molecule has 2 heterocycles. The number of rotatable bonds is 2. The molecule has 110 valence electrons.